The molecule has 0 spiro atoms. The minimum atomic E-state index is 1.17. The molecule has 0 rings (SSSR count). The first-order valence-electron chi connectivity index (χ1n) is 8.42. The van der Waals surface area contributed by atoms with E-state index in [1.807, 2.05) is 13.8 Å². The Morgan fingerprint density at radius 3 is 0.474 bits per heavy atom. The van der Waals surface area contributed by atoms with Gasteiger partial charge in [0.1, 0.15) is 0 Å². The lowest BCUT2D eigenvalue weighted by Gasteiger charge is -1.65. The maximum absolute atomic E-state index is 3.56. The molecule has 124 valence electrons. The third kappa shape index (κ3) is 65000. The highest BCUT2D eigenvalue weighted by atomic mass is 13.6. The van der Waals surface area contributed by atoms with Crippen LogP contribution in [-0.4, -0.2) is 0 Å². The van der Waals surface area contributed by atoms with Crippen LogP contribution in [-0.2, 0) is 0 Å². The second-order valence-corrected chi connectivity index (χ2v) is 4.74. The Kier molecular flexibility index (Phi) is 159. The fourth-order valence-electron chi connectivity index (χ4n) is 0. The minimum absolute atomic E-state index is 1.17. The summed E-state index contributed by atoms with van der Waals surface area (Å²) >= 11 is 0. The molecule has 0 nitrogen and oxygen atoms in total. The number of rotatable bonds is 0. The summed E-state index contributed by atoms with van der Waals surface area (Å²) in [5, 5.41) is 0. The molecule has 0 aliphatic rings. The lowest BCUT2D eigenvalue weighted by molar-refractivity contribution is 1.09. The van der Waals surface area contributed by atoms with Crippen LogP contribution in [0.1, 0.15) is 115 Å². The largest absolute Gasteiger partial charge is 0.100 e. The third-order valence-electron chi connectivity index (χ3n) is 0. The molecule has 0 aromatic heterocycles. The molecule has 0 saturated carbocycles. The Hall–Kier alpha value is -0.260. The van der Waals surface area contributed by atoms with Crippen LogP contribution in [0.3, 0.4) is 0 Å². The molecule has 0 N–H and O–H groups in total. The van der Waals surface area contributed by atoms with Gasteiger partial charge in [-0.25, -0.2) is 0 Å². The van der Waals surface area contributed by atoms with Gasteiger partial charge in [-0.15, -0.1) is 6.58 Å². The first-order chi connectivity index (χ1) is 8.80. The van der Waals surface area contributed by atoms with Crippen LogP contribution in [0.4, 0.5) is 0 Å². The smallest absolute Gasteiger partial charge is 0.0445 e. The lowest BCUT2D eigenvalue weighted by atomic mass is 10.4. The third-order valence-corrected chi connectivity index (χ3v) is 0. The van der Waals surface area contributed by atoms with E-state index >= 15 is 0 Å². The number of hydrogen-bond donors (Lipinski definition) is 0. The molecule has 0 aromatic carbocycles. The Balaban J connectivity index is -0.0000000268. The molecule has 0 radical (unpaired) electrons. The predicted octanol–water partition coefficient (Wildman–Crippen LogP) is 8.66. The van der Waals surface area contributed by atoms with Crippen molar-refractivity contribution in [1.29, 1.82) is 0 Å². The van der Waals surface area contributed by atoms with E-state index in [1.165, 1.54) is 37.7 Å². The Bertz CT molecular complexity index is 56.5. The molecule has 0 fully saturated rings. The van der Waals surface area contributed by atoms with Gasteiger partial charge in [-0.1, -0.05) is 107 Å². The summed E-state index contributed by atoms with van der Waals surface area (Å²) in [6.45, 7) is 28.8. The summed E-state index contributed by atoms with van der Waals surface area (Å²) in [6.07, 6.45) is 6.25. The van der Waals surface area contributed by atoms with Crippen LogP contribution in [0.25, 0.3) is 0 Å². The summed E-state index contributed by atoms with van der Waals surface area (Å²) in [7, 11) is 0. The van der Waals surface area contributed by atoms with E-state index in [0.29, 0.717) is 0 Å². The Labute approximate surface area is 128 Å². The molecule has 0 aromatic rings. The van der Waals surface area contributed by atoms with E-state index < -0.39 is 0 Å². The van der Waals surface area contributed by atoms with Crippen LogP contribution in [0.2, 0.25) is 0 Å². The van der Waals surface area contributed by atoms with Gasteiger partial charge < -0.3 is 0 Å². The van der Waals surface area contributed by atoms with Crippen LogP contribution in [0.5, 0.6) is 0 Å². The van der Waals surface area contributed by atoms with E-state index in [0.717, 1.165) is 0 Å². The quantitative estimate of drug-likeness (QED) is 0.388. The lowest BCUT2D eigenvalue weighted by Crippen LogP contribution is -1.43. The van der Waals surface area contributed by atoms with Gasteiger partial charge >= 0.3 is 0 Å². The van der Waals surface area contributed by atoms with Crippen molar-refractivity contribution >= 4 is 0 Å². The second-order valence-electron chi connectivity index (χ2n) is 4.74. The van der Waals surface area contributed by atoms with Crippen molar-refractivity contribution in [3.8, 4) is 0 Å². The molecule has 0 heterocycles. The van der Waals surface area contributed by atoms with Gasteiger partial charge in [0.2, 0.25) is 0 Å². The zero-order valence-corrected chi connectivity index (χ0v) is 16.7. The van der Waals surface area contributed by atoms with Crippen molar-refractivity contribution in [2.45, 2.75) is 115 Å². The zero-order valence-electron chi connectivity index (χ0n) is 16.7. The highest BCUT2D eigenvalue weighted by Gasteiger charge is 1.51. The molecule has 0 aliphatic carbocycles. The van der Waals surface area contributed by atoms with Crippen LogP contribution in [0, 0.1) is 0 Å². The molecule has 0 heteroatoms. The first-order valence-corrected chi connectivity index (χ1v) is 8.42. The molecular weight excluding hydrogens is 228 g/mol. The molecule has 0 bridgehead atoms. The predicted molar refractivity (Wildman–Crippen MR) is 100 cm³/mol. The Morgan fingerprint density at radius 2 is 0.474 bits per heavy atom. The standard InChI is InChI=1S/C4H8.5C3H8/c1-4(2)3;5*1-3-2/h1H2,2-3H3;5*3H2,1-2H3. The van der Waals surface area contributed by atoms with Gasteiger partial charge in [-0.05, 0) is 13.8 Å². The monoisotopic (exact) mass is 276 g/mol. The van der Waals surface area contributed by atoms with Crippen molar-refractivity contribution in [2.24, 2.45) is 0 Å². The van der Waals surface area contributed by atoms with E-state index in [4.69, 9.17) is 0 Å². The van der Waals surface area contributed by atoms with Crippen LogP contribution >= 0.6 is 0 Å². The minimum Gasteiger partial charge on any atom is -0.100 e. The fourth-order valence-corrected chi connectivity index (χ4v) is 0. The summed E-state index contributed by atoms with van der Waals surface area (Å²) in [5.74, 6) is 0. The van der Waals surface area contributed by atoms with Gasteiger partial charge in [-0.2, -0.15) is 0 Å². The van der Waals surface area contributed by atoms with Crippen molar-refractivity contribution < 1.29 is 0 Å². The molecular formula is C19H48. The van der Waals surface area contributed by atoms with E-state index in [2.05, 4.69) is 75.8 Å². The van der Waals surface area contributed by atoms with Gasteiger partial charge in [-0.3, -0.25) is 0 Å². The van der Waals surface area contributed by atoms with Crippen molar-refractivity contribution in [3.05, 3.63) is 12.2 Å². The summed E-state index contributed by atoms with van der Waals surface area (Å²) < 4.78 is 0. The van der Waals surface area contributed by atoms with Gasteiger partial charge in [0.05, 0.1) is 0 Å². The fraction of sp³-hybridized carbons (Fsp3) is 0.895. The van der Waals surface area contributed by atoms with Crippen LogP contribution < -0.4 is 0 Å². The SMILES string of the molecule is C=C(C)C.CCC.CCC.CCC.CCC.CCC. The van der Waals surface area contributed by atoms with E-state index in [1.54, 1.807) is 0 Å². The van der Waals surface area contributed by atoms with Gasteiger partial charge in [0.15, 0.2) is 0 Å². The van der Waals surface area contributed by atoms with Crippen molar-refractivity contribution in [3.63, 3.8) is 0 Å². The molecule has 0 saturated heterocycles. The number of hydrogen-bond acceptors (Lipinski definition) is 0. The first kappa shape index (κ1) is 36.3. The normalized spacial score (nSPS) is 6.11. The van der Waals surface area contributed by atoms with Gasteiger partial charge in [0.25, 0.3) is 0 Å². The number of allylic oxidation sites excluding steroid dienone is 1. The maximum atomic E-state index is 3.56. The van der Waals surface area contributed by atoms with E-state index in [-0.39, 0.29) is 0 Å². The van der Waals surface area contributed by atoms with Crippen molar-refractivity contribution in [1.82, 2.24) is 0 Å². The zero-order chi connectivity index (χ0) is 17.1. The highest BCUT2D eigenvalue weighted by Crippen LogP contribution is 1.73. The summed E-state index contributed by atoms with van der Waals surface area (Å²) in [6, 6.07) is 0. The topological polar surface area (TPSA) is 0 Å². The molecule has 19 heavy (non-hydrogen) atoms. The summed E-state index contributed by atoms with van der Waals surface area (Å²) in [5.41, 5.74) is 1.17. The average molecular weight is 277 g/mol. The highest BCUT2D eigenvalue weighted by molar-refractivity contribution is 4.78. The average Bonchev–Trinajstić information content (AvgIpc) is 2.21. The maximum Gasteiger partial charge on any atom is -0.0445 e. The van der Waals surface area contributed by atoms with Crippen LogP contribution in [0.15, 0.2) is 12.2 Å². The van der Waals surface area contributed by atoms with E-state index in [9.17, 15) is 0 Å². The summed E-state index contributed by atoms with van der Waals surface area (Å²) in [4.78, 5) is 0. The second kappa shape index (κ2) is 83.0. The molecule has 0 amide bonds. The Morgan fingerprint density at radius 1 is 0.474 bits per heavy atom. The molecule has 0 atom stereocenters. The van der Waals surface area contributed by atoms with Crippen molar-refractivity contribution in [2.75, 3.05) is 0 Å². The van der Waals surface area contributed by atoms with Gasteiger partial charge in [0, 0.05) is 0 Å². The molecule has 0 unspecified atom stereocenters. The molecule has 0 aliphatic heterocycles.